The first-order valence-electron chi connectivity index (χ1n) is 11.5. The third-order valence-corrected chi connectivity index (χ3v) is 5.80. The summed E-state index contributed by atoms with van der Waals surface area (Å²) in [5.41, 5.74) is 4.60. The molecule has 0 amide bonds. The molecule has 0 aliphatic rings. The van der Waals surface area contributed by atoms with Crippen molar-refractivity contribution in [2.75, 3.05) is 0 Å². The summed E-state index contributed by atoms with van der Waals surface area (Å²) in [5, 5.41) is 20.7. The molecule has 5 nitrogen and oxygen atoms in total. The van der Waals surface area contributed by atoms with Crippen LogP contribution < -0.4 is 0 Å². The first-order valence-corrected chi connectivity index (χ1v) is 11.5. The smallest absolute Gasteiger partial charge is 0.313 e. The molecule has 0 fully saturated rings. The number of carbonyl (C=O) groups excluding carboxylic acids is 2. The molecule has 0 unspecified atom stereocenters. The van der Waals surface area contributed by atoms with Crippen molar-refractivity contribution in [3.8, 4) is 11.5 Å². The molecule has 2 rings (SSSR count). The van der Waals surface area contributed by atoms with Crippen LogP contribution in [-0.2, 0) is 38.0 Å². The van der Waals surface area contributed by atoms with E-state index in [1.807, 2.05) is 79.7 Å². The van der Waals surface area contributed by atoms with Crippen LogP contribution in [0.2, 0.25) is 0 Å². The first-order chi connectivity index (χ1) is 15.1. The second-order valence-corrected chi connectivity index (χ2v) is 11.0. The van der Waals surface area contributed by atoms with Gasteiger partial charge in [-0.15, -0.1) is 0 Å². The van der Waals surface area contributed by atoms with E-state index in [9.17, 15) is 19.8 Å². The van der Waals surface area contributed by atoms with Gasteiger partial charge in [0.1, 0.15) is 11.5 Å². The van der Waals surface area contributed by atoms with Gasteiger partial charge in [-0.1, -0.05) is 65.8 Å². The van der Waals surface area contributed by atoms with Crippen molar-refractivity contribution < 1.29 is 24.5 Å². The summed E-state index contributed by atoms with van der Waals surface area (Å²) in [6, 6.07) is 7.55. The number of hydrogen-bond acceptors (Lipinski definition) is 5. The van der Waals surface area contributed by atoms with Gasteiger partial charge in [0.25, 0.3) is 0 Å². The lowest BCUT2D eigenvalue weighted by Crippen LogP contribution is -2.15. The maximum atomic E-state index is 12.2. The van der Waals surface area contributed by atoms with E-state index in [0.717, 1.165) is 33.4 Å². The van der Waals surface area contributed by atoms with E-state index in [0.29, 0.717) is 12.8 Å². The van der Waals surface area contributed by atoms with Crippen molar-refractivity contribution >= 4 is 11.9 Å². The number of phenols is 2. The Morgan fingerprint density at radius 2 is 1.03 bits per heavy atom. The lowest BCUT2D eigenvalue weighted by molar-refractivity contribution is -0.159. The average molecular weight is 455 g/mol. The molecule has 2 N–H and O–H groups in total. The fourth-order valence-corrected chi connectivity index (χ4v) is 3.86. The maximum absolute atomic E-state index is 12.2. The molecule has 0 aliphatic carbocycles. The number of ether oxygens (including phenoxy) is 1. The van der Waals surface area contributed by atoms with Crippen molar-refractivity contribution in [2.24, 2.45) is 0 Å². The molecule has 0 radical (unpaired) electrons. The standard InChI is InChI=1S/C28H38O5/c1-17-13-19(15-21(25(17)31)27(3,4)5)9-11-23(29)33-24(30)12-10-20-14-18(2)26(32)22(16-20)28(6,7)8/h13-16,31-32H,9-12H2,1-8H3. The molecule has 0 spiro atoms. The van der Waals surface area contributed by atoms with E-state index in [-0.39, 0.29) is 35.2 Å². The normalized spacial score (nSPS) is 12.0. The molecule has 2 aromatic carbocycles. The number of phenolic OH excluding ortho intramolecular Hbond substituents is 2. The fourth-order valence-electron chi connectivity index (χ4n) is 3.86. The highest BCUT2D eigenvalue weighted by atomic mass is 16.6. The van der Waals surface area contributed by atoms with Crippen molar-refractivity contribution in [3.63, 3.8) is 0 Å². The number of carbonyl (C=O) groups is 2. The zero-order valence-corrected chi connectivity index (χ0v) is 21.3. The van der Waals surface area contributed by atoms with Gasteiger partial charge in [-0.3, -0.25) is 9.59 Å². The molecule has 0 aromatic heterocycles. The average Bonchev–Trinajstić information content (AvgIpc) is 2.67. The molecule has 33 heavy (non-hydrogen) atoms. The highest BCUT2D eigenvalue weighted by molar-refractivity contribution is 5.85. The highest BCUT2D eigenvalue weighted by Gasteiger charge is 2.22. The van der Waals surface area contributed by atoms with Crippen LogP contribution in [0.15, 0.2) is 24.3 Å². The summed E-state index contributed by atoms with van der Waals surface area (Å²) >= 11 is 0. The molecule has 0 atom stereocenters. The summed E-state index contributed by atoms with van der Waals surface area (Å²) in [6.45, 7) is 15.8. The number of benzene rings is 2. The van der Waals surface area contributed by atoms with Gasteiger partial charge < -0.3 is 14.9 Å². The molecular weight excluding hydrogens is 416 g/mol. The van der Waals surface area contributed by atoms with Gasteiger partial charge in [0.15, 0.2) is 0 Å². The second-order valence-electron chi connectivity index (χ2n) is 11.0. The Balaban J connectivity index is 1.96. The van der Waals surface area contributed by atoms with Crippen LogP contribution in [0.5, 0.6) is 11.5 Å². The minimum Gasteiger partial charge on any atom is -0.507 e. The quantitative estimate of drug-likeness (QED) is 0.416. The summed E-state index contributed by atoms with van der Waals surface area (Å²) in [4.78, 5) is 24.5. The van der Waals surface area contributed by atoms with Gasteiger partial charge in [-0.05, 0) is 70.9 Å². The summed E-state index contributed by atoms with van der Waals surface area (Å²) in [6.07, 6.45) is 1.04. The Morgan fingerprint density at radius 1 is 0.697 bits per heavy atom. The molecule has 0 aliphatic heterocycles. The minimum absolute atomic E-state index is 0.0893. The maximum Gasteiger partial charge on any atom is 0.313 e. The Labute approximate surface area is 197 Å². The zero-order chi connectivity index (χ0) is 25.1. The highest BCUT2D eigenvalue weighted by Crippen LogP contribution is 2.35. The molecule has 0 saturated heterocycles. The summed E-state index contributed by atoms with van der Waals surface area (Å²) < 4.78 is 5.02. The first kappa shape index (κ1) is 26.4. The van der Waals surface area contributed by atoms with E-state index in [1.165, 1.54) is 0 Å². The monoisotopic (exact) mass is 454 g/mol. The van der Waals surface area contributed by atoms with Crippen molar-refractivity contribution in [1.82, 2.24) is 0 Å². The summed E-state index contributed by atoms with van der Waals surface area (Å²) in [5.74, 6) is -0.549. The van der Waals surface area contributed by atoms with Gasteiger partial charge in [0.05, 0.1) is 12.8 Å². The van der Waals surface area contributed by atoms with Crippen LogP contribution in [0.1, 0.15) is 87.8 Å². The van der Waals surface area contributed by atoms with Crippen molar-refractivity contribution in [2.45, 2.75) is 91.9 Å². The van der Waals surface area contributed by atoms with Crippen LogP contribution in [0.4, 0.5) is 0 Å². The topological polar surface area (TPSA) is 83.8 Å². The Bertz CT molecular complexity index is 952. The number of aryl methyl sites for hydroxylation is 4. The van der Waals surface area contributed by atoms with Crippen molar-refractivity contribution in [3.05, 3.63) is 57.6 Å². The van der Waals surface area contributed by atoms with E-state index in [2.05, 4.69) is 0 Å². The number of esters is 2. The lowest BCUT2D eigenvalue weighted by Gasteiger charge is -2.22. The number of aromatic hydroxyl groups is 2. The van der Waals surface area contributed by atoms with E-state index in [1.54, 1.807) is 0 Å². The van der Waals surface area contributed by atoms with Gasteiger partial charge >= 0.3 is 11.9 Å². The molecule has 180 valence electrons. The zero-order valence-electron chi connectivity index (χ0n) is 21.3. The summed E-state index contributed by atoms with van der Waals surface area (Å²) in [7, 11) is 0. The van der Waals surface area contributed by atoms with Gasteiger partial charge in [0.2, 0.25) is 0 Å². The van der Waals surface area contributed by atoms with Crippen LogP contribution >= 0.6 is 0 Å². The van der Waals surface area contributed by atoms with Crippen LogP contribution in [-0.4, -0.2) is 22.2 Å². The second kappa shape index (κ2) is 9.98. The Kier molecular flexibility index (Phi) is 8.00. The predicted octanol–water partition coefficient (Wildman–Crippen LogP) is 5.94. The molecule has 0 bridgehead atoms. The molecule has 5 heteroatoms. The van der Waals surface area contributed by atoms with Gasteiger partial charge in [0, 0.05) is 0 Å². The van der Waals surface area contributed by atoms with Crippen LogP contribution in [0.25, 0.3) is 0 Å². The Morgan fingerprint density at radius 3 is 1.33 bits per heavy atom. The van der Waals surface area contributed by atoms with E-state index >= 15 is 0 Å². The van der Waals surface area contributed by atoms with E-state index < -0.39 is 11.9 Å². The third-order valence-electron chi connectivity index (χ3n) is 5.80. The molecular formula is C28H38O5. The van der Waals surface area contributed by atoms with Crippen LogP contribution in [0.3, 0.4) is 0 Å². The van der Waals surface area contributed by atoms with Crippen molar-refractivity contribution in [1.29, 1.82) is 0 Å². The molecule has 2 aromatic rings. The molecule has 0 saturated carbocycles. The lowest BCUT2D eigenvalue weighted by atomic mass is 9.83. The number of rotatable bonds is 6. The SMILES string of the molecule is Cc1cc(CCC(=O)OC(=O)CCc2cc(C)c(O)c(C(C)(C)C)c2)cc(C(C)(C)C)c1O. The van der Waals surface area contributed by atoms with Gasteiger partial charge in [-0.25, -0.2) is 0 Å². The third kappa shape index (κ3) is 7.08. The van der Waals surface area contributed by atoms with Gasteiger partial charge in [-0.2, -0.15) is 0 Å². The largest absolute Gasteiger partial charge is 0.507 e. The van der Waals surface area contributed by atoms with E-state index in [4.69, 9.17) is 4.74 Å². The fraction of sp³-hybridized carbons (Fsp3) is 0.500. The number of hydrogen-bond donors (Lipinski definition) is 2. The predicted molar refractivity (Wildman–Crippen MR) is 131 cm³/mol. The Hall–Kier alpha value is -2.82. The minimum atomic E-state index is -0.555. The molecule has 0 heterocycles. The van der Waals surface area contributed by atoms with Crippen LogP contribution in [0, 0.1) is 13.8 Å².